The minimum absolute atomic E-state index is 0.0788. The van der Waals surface area contributed by atoms with Gasteiger partial charge in [-0.15, -0.1) is 0 Å². The lowest BCUT2D eigenvalue weighted by Gasteiger charge is -2.06. The van der Waals surface area contributed by atoms with Crippen LogP contribution in [0.2, 0.25) is 0 Å². The van der Waals surface area contributed by atoms with E-state index in [9.17, 15) is 4.79 Å². The first-order valence-corrected chi connectivity index (χ1v) is 5.64. The van der Waals surface area contributed by atoms with Crippen molar-refractivity contribution in [2.75, 3.05) is 6.54 Å². The smallest absolute Gasteiger partial charge is 0.228 e. The van der Waals surface area contributed by atoms with Crippen LogP contribution in [0.25, 0.3) is 10.9 Å². The highest BCUT2D eigenvalue weighted by Gasteiger charge is 2.24. The number of H-pyrrole nitrogens is 1. The maximum atomic E-state index is 11.7. The molecule has 1 aliphatic heterocycles. The van der Waals surface area contributed by atoms with E-state index in [0.29, 0.717) is 0 Å². The highest BCUT2D eigenvalue weighted by molar-refractivity contribution is 5.90. The van der Waals surface area contributed by atoms with E-state index < -0.39 is 0 Å². The fraction of sp³-hybridized carbons (Fsp3) is 0.308. The van der Waals surface area contributed by atoms with Crippen molar-refractivity contribution in [1.82, 2.24) is 10.3 Å². The Morgan fingerprint density at radius 1 is 1.31 bits per heavy atom. The third kappa shape index (κ3) is 1.24. The molecule has 1 aromatic carbocycles. The summed E-state index contributed by atoms with van der Waals surface area (Å²) in [4.78, 5) is 15.1. The van der Waals surface area contributed by atoms with Gasteiger partial charge in [0.1, 0.15) is 0 Å². The Labute approximate surface area is 93.9 Å². The van der Waals surface area contributed by atoms with Crippen molar-refractivity contribution in [3.63, 3.8) is 0 Å². The van der Waals surface area contributed by atoms with Crippen LogP contribution in [0.1, 0.15) is 24.1 Å². The van der Waals surface area contributed by atoms with Crippen molar-refractivity contribution in [2.45, 2.75) is 19.3 Å². The second-order valence-electron chi connectivity index (χ2n) is 4.33. The summed E-state index contributed by atoms with van der Waals surface area (Å²) in [5, 5.41) is 4.18. The average Bonchev–Trinajstić information content (AvgIpc) is 2.61. The molecule has 0 fully saturated rings. The standard InChI is InChI=1S/C13H14N2O/c1-8-12-10(6-7-14-13(8)16)9-4-2-3-5-11(9)15-12/h2-5,8,15H,6-7H2,1H3,(H,14,16). The Kier molecular flexibility index (Phi) is 1.99. The number of rotatable bonds is 0. The lowest BCUT2D eigenvalue weighted by molar-refractivity contribution is -0.122. The number of hydrogen-bond donors (Lipinski definition) is 2. The second-order valence-corrected chi connectivity index (χ2v) is 4.33. The van der Waals surface area contributed by atoms with Crippen LogP contribution in [-0.2, 0) is 11.2 Å². The van der Waals surface area contributed by atoms with Crippen LogP contribution < -0.4 is 5.32 Å². The molecular weight excluding hydrogens is 200 g/mol. The largest absolute Gasteiger partial charge is 0.358 e. The van der Waals surface area contributed by atoms with Gasteiger partial charge in [0, 0.05) is 23.1 Å². The number of amides is 1. The molecule has 0 saturated heterocycles. The molecule has 82 valence electrons. The summed E-state index contributed by atoms with van der Waals surface area (Å²) < 4.78 is 0. The van der Waals surface area contributed by atoms with Crippen LogP contribution in [0.15, 0.2) is 24.3 Å². The Balaban J connectivity index is 2.27. The van der Waals surface area contributed by atoms with E-state index in [1.54, 1.807) is 0 Å². The van der Waals surface area contributed by atoms with Crippen LogP contribution in [0.3, 0.4) is 0 Å². The van der Waals surface area contributed by atoms with Gasteiger partial charge >= 0.3 is 0 Å². The van der Waals surface area contributed by atoms with Crippen LogP contribution >= 0.6 is 0 Å². The first-order valence-electron chi connectivity index (χ1n) is 5.64. The van der Waals surface area contributed by atoms with Crippen molar-refractivity contribution in [3.05, 3.63) is 35.5 Å². The van der Waals surface area contributed by atoms with Gasteiger partial charge in [0.25, 0.3) is 0 Å². The quantitative estimate of drug-likeness (QED) is 0.691. The molecule has 1 atom stereocenters. The van der Waals surface area contributed by atoms with Crippen LogP contribution in [0, 0.1) is 0 Å². The van der Waals surface area contributed by atoms with Gasteiger partial charge in [0.2, 0.25) is 5.91 Å². The Morgan fingerprint density at radius 3 is 3.00 bits per heavy atom. The van der Waals surface area contributed by atoms with Crippen LogP contribution in [-0.4, -0.2) is 17.4 Å². The van der Waals surface area contributed by atoms with Gasteiger partial charge < -0.3 is 10.3 Å². The minimum atomic E-state index is -0.0788. The van der Waals surface area contributed by atoms with Gasteiger partial charge in [-0.1, -0.05) is 18.2 Å². The summed E-state index contributed by atoms with van der Waals surface area (Å²) >= 11 is 0. The zero-order valence-corrected chi connectivity index (χ0v) is 9.21. The fourth-order valence-corrected chi connectivity index (χ4v) is 2.45. The highest BCUT2D eigenvalue weighted by Crippen LogP contribution is 2.29. The average molecular weight is 214 g/mol. The zero-order valence-electron chi connectivity index (χ0n) is 9.21. The molecule has 1 amide bonds. The summed E-state index contributed by atoms with van der Waals surface area (Å²) in [6.07, 6.45) is 0.912. The summed E-state index contributed by atoms with van der Waals surface area (Å²) in [7, 11) is 0. The predicted molar refractivity (Wildman–Crippen MR) is 63.4 cm³/mol. The molecule has 2 heterocycles. The van der Waals surface area contributed by atoms with Crippen molar-refractivity contribution < 1.29 is 4.79 Å². The number of nitrogens with one attached hydrogen (secondary N) is 2. The third-order valence-electron chi connectivity index (χ3n) is 3.35. The number of para-hydroxylation sites is 1. The van der Waals surface area contributed by atoms with Gasteiger partial charge in [0.05, 0.1) is 5.92 Å². The van der Waals surface area contributed by atoms with E-state index in [-0.39, 0.29) is 11.8 Å². The number of carbonyl (C=O) groups excluding carboxylic acids is 1. The molecule has 3 heteroatoms. The van der Waals surface area contributed by atoms with Crippen molar-refractivity contribution in [3.8, 4) is 0 Å². The molecule has 2 N–H and O–H groups in total. The molecule has 1 aromatic heterocycles. The molecule has 2 aromatic rings. The van der Waals surface area contributed by atoms with Gasteiger partial charge in [-0.25, -0.2) is 0 Å². The van der Waals surface area contributed by atoms with Gasteiger partial charge in [-0.2, -0.15) is 0 Å². The zero-order chi connectivity index (χ0) is 11.1. The molecule has 16 heavy (non-hydrogen) atoms. The summed E-state index contributed by atoms with van der Waals surface area (Å²) in [6, 6.07) is 8.24. The first-order chi connectivity index (χ1) is 7.77. The molecule has 0 saturated carbocycles. The SMILES string of the molecule is CC1C(=O)NCCc2c1[nH]c1ccccc21. The first kappa shape index (κ1) is 9.46. The number of hydrogen-bond acceptors (Lipinski definition) is 1. The van der Waals surface area contributed by atoms with E-state index in [2.05, 4.69) is 22.4 Å². The number of fused-ring (bicyclic) bond motifs is 3. The molecule has 3 nitrogen and oxygen atoms in total. The molecule has 1 aliphatic rings. The lowest BCUT2D eigenvalue weighted by atomic mass is 10.0. The van der Waals surface area contributed by atoms with E-state index in [1.807, 2.05) is 19.1 Å². The number of benzene rings is 1. The summed E-state index contributed by atoms with van der Waals surface area (Å²) in [6.45, 7) is 2.69. The van der Waals surface area contributed by atoms with E-state index in [4.69, 9.17) is 0 Å². The maximum absolute atomic E-state index is 11.7. The molecule has 3 rings (SSSR count). The molecule has 1 unspecified atom stereocenters. The van der Waals surface area contributed by atoms with E-state index in [0.717, 1.165) is 24.2 Å². The van der Waals surface area contributed by atoms with Crippen molar-refractivity contribution in [2.24, 2.45) is 0 Å². The molecule has 0 radical (unpaired) electrons. The highest BCUT2D eigenvalue weighted by atomic mass is 16.1. The number of carbonyl (C=O) groups is 1. The number of aromatic nitrogens is 1. The van der Waals surface area contributed by atoms with E-state index >= 15 is 0 Å². The number of aromatic amines is 1. The van der Waals surface area contributed by atoms with Gasteiger partial charge in [-0.3, -0.25) is 4.79 Å². The lowest BCUT2D eigenvalue weighted by Crippen LogP contribution is -2.27. The summed E-state index contributed by atoms with van der Waals surface area (Å²) in [5.74, 6) is 0.0372. The van der Waals surface area contributed by atoms with Crippen molar-refractivity contribution >= 4 is 16.8 Å². The maximum Gasteiger partial charge on any atom is 0.228 e. The molecular formula is C13H14N2O. The minimum Gasteiger partial charge on any atom is -0.358 e. The fourth-order valence-electron chi connectivity index (χ4n) is 2.45. The Hall–Kier alpha value is -1.77. The van der Waals surface area contributed by atoms with Crippen molar-refractivity contribution in [1.29, 1.82) is 0 Å². The van der Waals surface area contributed by atoms with Gasteiger partial charge in [0.15, 0.2) is 0 Å². The Bertz CT molecular complexity index is 556. The predicted octanol–water partition coefficient (Wildman–Crippen LogP) is 1.94. The third-order valence-corrected chi connectivity index (χ3v) is 3.35. The molecule has 0 aliphatic carbocycles. The van der Waals surface area contributed by atoms with Gasteiger partial charge in [-0.05, 0) is 25.0 Å². The second kappa shape index (κ2) is 3.37. The molecule has 0 bridgehead atoms. The molecule has 0 spiro atoms. The normalized spacial score (nSPS) is 20.3. The summed E-state index contributed by atoms with van der Waals surface area (Å²) in [5.41, 5.74) is 3.51. The van der Waals surface area contributed by atoms with Crippen LogP contribution in [0.4, 0.5) is 0 Å². The van der Waals surface area contributed by atoms with Crippen LogP contribution in [0.5, 0.6) is 0 Å². The topological polar surface area (TPSA) is 44.9 Å². The Morgan fingerprint density at radius 2 is 2.12 bits per heavy atom. The van der Waals surface area contributed by atoms with E-state index in [1.165, 1.54) is 10.9 Å². The monoisotopic (exact) mass is 214 g/mol.